The monoisotopic (exact) mass is 592 g/mol. The summed E-state index contributed by atoms with van der Waals surface area (Å²) < 4.78 is 0. The van der Waals surface area contributed by atoms with Crippen LogP contribution in [0.2, 0.25) is 0 Å². The van der Waals surface area contributed by atoms with Crippen molar-refractivity contribution in [2.75, 3.05) is 58.1 Å². The van der Waals surface area contributed by atoms with Gasteiger partial charge in [0.15, 0.2) is 5.17 Å². The highest BCUT2D eigenvalue weighted by Crippen LogP contribution is 2.51. The van der Waals surface area contributed by atoms with Crippen LogP contribution in [0.1, 0.15) is 33.1 Å². The zero-order valence-corrected chi connectivity index (χ0v) is 24.8. The van der Waals surface area contributed by atoms with Gasteiger partial charge in [-0.1, -0.05) is 18.7 Å². The van der Waals surface area contributed by atoms with Gasteiger partial charge in [-0.3, -0.25) is 19.5 Å². The molecule has 6 heterocycles. The molecule has 6 atom stereocenters. The maximum atomic E-state index is 13.4. The lowest BCUT2D eigenvalue weighted by atomic mass is 9.79. The summed E-state index contributed by atoms with van der Waals surface area (Å²) in [7, 11) is 0. The Labute approximate surface area is 243 Å². The summed E-state index contributed by atoms with van der Waals surface area (Å²) in [6.45, 7) is 10.5. The van der Waals surface area contributed by atoms with Crippen LogP contribution in [0.5, 0.6) is 0 Å². The van der Waals surface area contributed by atoms with Crippen molar-refractivity contribution in [1.29, 1.82) is 0 Å². The van der Waals surface area contributed by atoms with Crippen LogP contribution in [0.3, 0.4) is 0 Å². The molecule has 11 nitrogen and oxygen atoms in total. The third kappa shape index (κ3) is 5.05. The van der Waals surface area contributed by atoms with E-state index < -0.39 is 18.0 Å². The number of fused-ring (bicyclic) bond motifs is 1. The number of amides is 2. The number of carbonyl (C=O) groups excluding carboxylic acids is 2. The third-order valence-electron chi connectivity index (χ3n) is 9.44. The second-order valence-corrected chi connectivity index (χ2v) is 14.2. The number of carbonyl (C=O) groups is 3. The van der Waals surface area contributed by atoms with E-state index in [2.05, 4.69) is 20.1 Å². The molecule has 0 unspecified atom stereocenters. The number of aliphatic imine (C=N–C) groups is 1. The number of carboxylic acid groups (broad SMARTS) is 1. The van der Waals surface area contributed by atoms with Gasteiger partial charge in [0.05, 0.1) is 30.7 Å². The molecule has 0 aromatic carbocycles. The summed E-state index contributed by atoms with van der Waals surface area (Å²) in [5.74, 6) is -0.912. The number of amidine groups is 1. The minimum atomic E-state index is -1.11. The molecule has 3 N–H and O–H groups in total. The molecule has 0 saturated carbocycles. The minimum absolute atomic E-state index is 0.0497. The number of piperazine rings is 1. The Hall–Kier alpha value is -1.80. The van der Waals surface area contributed by atoms with E-state index in [0.29, 0.717) is 23.9 Å². The van der Waals surface area contributed by atoms with Crippen LogP contribution >= 0.6 is 23.5 Å². The number of aliphatic hydroxyl groups is 1. The van der Waals surface area contributed by atoms with E-state index in [9.17, 15) is 24.6 Å². The summed E-state index contributed by atoms with van der Waals surface area (Å²) in [4.78, 5) is 51.8. The number of hydrogen-bond donors (Lipinski definition) is 3. The quantitative estimate of drug-likeness (QED) is 0.371. The average Bonchev–Trinajstić information content (AvgIpc) is 3.69. The van der Waals surface area contributed by atoms with Crippen LogP contribution in [0.15, 0.2) is 15.6 Å². The first kappa shape index (κ1) is 28.3. The fourth-order valence-corrected chi connectivity index (χ4v) is 9.70. The number of piperidine rings is 1. The van der Waals surface area contributed by atoms with E-state index in [1.54, 1.807) is 6.92 Å². The number of β-lactam (4-membered cyclic amide) rings is 1. The van der Waals surface area contributed by atoms with Crippen molar-refractivity contribution in [3.63, 3.8) is 0 Å². The standard InChI is InChI=1S/C27H40N6O5S2/c1-15-21-20(16(2)34)25(36)33(21)22(26(37)38)23(15)40-18-13-19(29-14-18)24(35)31-10-8-30(9-11-31)17-3-6-32(7-4-17)27-28-5-12-39-27/h15-21,29,34H,3-14H2,1-2H3,(H,37,38)/t15-,16-,18+,19+,20-,21-/m1/s1. The van der Waals surface area contributed by atoms with E-state index in [1.807, 2.05) is 23.6 Å². The molecule has 0 bridgehead atoms. The van der Waals surface area contributed by atoms with Crippen molar-refractivity contribution in [3.05, 3.63) is 10.6 Å². The SMILES string of the molecule is C[C@@H](O)[C@H]1C(=O)N2C(C(=O)O)=C(S[C@@H]3CN[C@H](C(=O)N4CCN(C5CCN(C6=NCCS6)CC5)CC4)C3)[C@H](C)[C@H]12. The van der Waals surface area contributed by atoms with Crippen LogP contribution < -0.4 is 5.32 Å². The summed E-state index contributed by atoms with van der Waals surface area (Å²) in [6, 6.07) is -0.0134. The predicted molar refractivity (Wildman–Crippen MR) is 155 cm³/mol. The first-order chi connectivity index (χ1) is 19.2. The molecular formula is C27H40N6O5S2. The molecule has 0 aromatic rings. The van der Waals surface area contributed by atoms with Gasteiger partial charge in [0.25, 0.3) is 0 Å². The molecule has 0 aromatic heterocycles. The van der Waals surface area contributed by atoms with Gasteiger partial charge in [0, 0.05) is 73.7 Å². The maximum absolute atomic E-state index is 13.4. The second kappa shape index (κ2) is 11.5. The highest BCUT2D eigenvalue weighted by molar-refractivity contribution is 8.14. The van der Waals surface area contributed by atoms with Crippen molar-refractivity contribution in [2.45, 2.75) is 62.6 Å². The molecule has 2 amide bonds. The lowest BCUT2D eigenvalue weighted by Crippen LogP contribution is -2.63. The Balaban J connectivity index is 0.995. The Morgan fingerprint density at radius 1 is 1.15 bits per heavy atom. The normalized spacial score (nSPS) is 34.3. The summed E-state index contributed by atoms with van der Waals surface area (Å²) in [5, 5.41) is 24.6. The number of hydrogen-bond acceptors (Lipinski definition) is 10. The van der Waals surface area contributed by atoms with Crippen LogP contribution in [-0.4, -0.2) is 140 Å². The molecule has 6 aliphatic heterocycles. The van der Waals surface area contributed by atoms with Gasteiger partial charge < -0.3 is 30.2 Å². The minimum Gasteiger partial charge on any atom is -0.477 e. The zero-order chi connectivity index (χ0) is 28.1. The summed E-state index contributed by atoms with van der Waals surface area (Å²) in [5.41, 5.74) is 0.0520. The van der Waals surface area contributed by atoms with Crippen molar-refractivity contribution in [1.82, 2.24) is 24.9 Å². The predicted octanol–water partition coefficient (Wildman–Crippen LogP) is 0.315. The van der Waals surface area contributed by atoms with E-state index in [1.165, 1.54) is 21.8 Å². The van der Waals surface area contributed by atoms with Gasteiger partial charge in [-0.05, 0) is 26.2 Å². The van der Waals surface area contributed by atoms with Gasteiger partial charge in [0.1, 0.15) is 5.70 Å². The number of carboxylic acids is 1. The molecule has 40 heavy (non-hydrogen) atoms. The Bertz CT molecular complexity index is 1100. The Morgan fingerprint density at radius 2 is 1.88 bits per heavy atom. The molecule has 6 aliphatic rings. The molecular weight excluding hydrogens is 552 g/mol. The number of aliphatic hydroxyl groups excluding tert-OH is 1. The first-order valence-corrected chi connectivity index (χ1v) is 16.4. The second-order valence-electron chi connectivity index (χ2n) is 11.8. The molecule has 220 valence electrons. The fourth-order valence-electron chi connectivity index (χ4n) is 7.30. The van der Waals surface area contributed by atoms with Crippen molar-refractivity contribution < 1.29 is 24.6 Å². The van der Waals surface area contributed by atoms with Gasteiger partial charge >= 0.3 is 5.97 Å². The van der Waals surface area contributed by atoms with Crippen LogP contribution in [0.25, 0.3) is 0 Å². The van der Waals surface area contributed by atoms with Crippen molar-refractivity contribution >= 4 is 46.5 Å². The molecule has 0 radical (unpaired) electrons. The fraction of sp³-hybridized carbons (Fsp3) is 0.778. The molecule has 0 aliphatic carbocycles. The van der Waals surface area contributed by atoms with Crippen molar-refractivity contribution in [3.8, 4) is 0 Å². The van der Waals surface area contributed by atoms with Crippen LogP contribution in [0, 0.1) is 11.8 Å². The number of thioether (sulfide) groups is 2. The number of rotatable bonds is 6. The molecule has 4 saturated heterocycles. The highest BCUT2D eigenvalue weighted by Gasteiger charge is 2.60. The van der Waals surface area contributed by atoms with Gasteiger partial charge in [-0.25, -0.2) is 4.79 Å². The number of aliphatic carboxylic acids is 1. The van der Waals surface area contributed by atoms with E-state index >= 15 is 0 Å². The van der Waals surface area contributed by atoms with Crippen molar-refractivity contribution in [2.24, 2.45) is 16.8 Å². The Kier molecular flexibility index (Phi) is 8.12. The first-order valence-electron chi connectivity index (χ1n) is 14.6. The highest BCUT2D eigenvalue weighted by atomic mass is 32.2. The summed E-state index contributed by atoms with van der Waals surface area (Å²) in [6.07, 6.45) is 2.10. The molecule has 13 heteroatoms. The largest absolute Gasteiger partial charge is 0.477 e. The van der Waals surface area contributed by atoms with E-state index in [-0.39, 0.29) is 40.8 Å². The molecule has 4 fully saturated rings. The maximum Gasteiger partial charge on any atom is 0.353 e. The van der Waals surface area contributed by atoms with Gasteiger partial charge in [-0.15, -0.1) is 11.8 Å². The molecule has 6 rings (SSSR count). The number of nitrogens with one attached hydrogen (secondary N) is 1. The molecule has 0 spiro atoms. The third-order valence-corrected chi connectivity index (χ3v) is 12.0. The summed E-state index contributed by atoms with van der Waals surface area (Å²) >= 11 is 3.36. The lowest BCUT2D eigenvalue weighted by Gasteiger charge is -2.46. The van der Waals surface area contributed by atoms with E-state index in [4.69, 9.17) is 0 Å². The van der Waals surface area contributed by atoms with Crippen LogP contribution in [0.4, 0.5) is 0 Å². The van der Waals surface area contributed by atoms with Gasteiger partial charge in [-0.2, -0.15) is 0 Å². The number of likely N-dealkylation sites (tertiary alicyclic amines) is 1. The topological polar surface area (TPSA) is 129 Å². The zero-order valence-electron chi connectivity index (χ0n) is 23.2. The Morgan fingerprint density at radius 3 is 2.50 bits per heavy atom. The van der Waals surface area contributed by atoms with E-state index in [0.717, 1.165) is 64.4 Å². The smallest absolute Gasteiger partial charge is 0.353 e. The van der Waals surface area contributed by atoms with Gasteiger partial charge in [0.2, 0.25) is 11.8 Å². The average molecular weight is 593 g/mol. The lowest BCUT2D eigenvalue weighted by molar-refractivity contribution is -0.163. The number of nitrogens with zero attached hydrogens (tertiary/aromatic N) is 5. The van der Waals surface area contributed by atoms with Crippen LogP contribution in [-0.2, 0) is 14.4 Å².